The molecule has 0 radical (unpaired) electrons. The SMILES string of the molecule is CN(C)c1ccc(CN(Cc2ccco2)C(=O)COc2ccccc2)cc1. The van der Waals surface area contributed by atoms with E-state index in [2.05, 4.69) is 0 Å². The van der Waals surface area contributed by atoms with Crippen molar-refractivity contribution in [2.75, 3.05) is 25.6 Å². The molecule has 0 spiro atoms. The molecule has 27 heavy (non-hydrogen) atoms. The quantitative estimate of drug-likeness (QED) is 0.607. The summed E-state index contributed by atoms with van der Waals surface area (Å²) >= 11 is 0. The van der Waals surface area contributed by atoms with Crippen molar-refractivity contribution in [3.63, 3.8) is 0 Å². The Hall–Kier alpha value is -3.21. The summed E-state index contributed by atoms with van der Waals surface area (Å²) in [5.41, 5.74) is 2.18. The Kier molecular flexibility index (Phi) is 6.15. The van der Waals surface area contributed by atoms with Crippen LogP contribution in [0.2, 0.25) is 0 Å². The van der Waals surface area contributed by atoms with Gasteiger partial charge in [-0.05, 0) is 42.0 Å². The molecule has 140 valence electrons. The second kappa shape index (κ2) is 8.94. The van der Waals surface area contributed by atoms with Crippen LogP contribution in [0.1, 0.15) is 11.3 Å². The van der Waals surface area contributed by atoms with Gasteiger partial charge in [0.15, 0.2) is 6.61 Å². The number of hydrogen-bond donors (Lipinski definition) is 0. The highest BCUT2D eigenvalue weighted by Gasteiger charge is 2.17. The predicted octanol–water partition coefficient (Wildman–Crippen LogP) is 3.95. The van der Waals surface area contributed by atoms with Crippen molar-refractivity contribution >= 4 is 11.6 Å². The van der Waals surface area contributed by atoms with Crippen molar-refractivity contribution in [2.45, 2.75) is 13.1 Å². The van der Waals surface area contributed by atoms with Crippen LogP contribution in [0.4, 0.5) is 5.69 Å². The van der Waals surface area contributed by atoms with Gasteiger partial charge in [0, 0.05) is 26.3 Å². The molecule has 1 heterocycles. The van der Waals surface area contributed by atoms with E-state index in [1.807, 2.05) is 85.7 Å². The predicted molar refractivity (Wildman–Crippen MR) is 106 cm³/mol. The van der Waals surface area contributed by atoms with Gasteiger partial charge in [-0.1, -0.05) is 30.3 Å². The van der Waals surface area contributed by atoms with E-state index in [0.29, 0.717) is 18.8 Å². The lowest BCUT2D eigenvalue weighted by molar-refractivity contribution is -0.134. The Labute approximate surface area is 159 Å². The fraction of sp³-hybridized carbons (Fsp3) is 0.227. The molecular weight excluding hydrogens is 340 g/mol. The van der Waals surface area contributed by atoms with Gasteiger partial charge in [0.2, 0.25) is 0 Å². The standard InChI is InChI=1S/C22H24N2O3/c1-23(2)19-12-10-18(11-13-19)15-24(16-21-9-6-14-26-21)22(25)17-27-20-7-4-3-5-8-20/h3-14H,15-17H2,1-2H3. The number of anilines is 1. The van der Waals surface area contributed by atoms with Crippen molar-refractivity contribution in [3.05, 3.63) is 84.3 Å². The first-order valence-corrected chi connectivity index (χ1v) is 8.86. The summed E-state index contributed by atoms with van der Waals surface area (Å²) in [5.74, 6) is 1.33. The van der Waals surface area contributed by atoms with Gasteiger partial charge < -0.3 is 19.0 Å². The third-order valence-corrected chi connectivity index (χ3v) is 4.21. The highest BCUT2D eigenvalue weighted by atomic mass is 16.5. The summed E-state index contributed by atoms with van der Waals surface area (Å²) in [6.45, 7) is 0.880. The topological polar surface area (TPSA) is 45.9 Å². The molecule has 0 saturated carbocycles. The summed E-state index contributed by atoms with van der Waals surface area (Å²) < 4.78 is 11.1. The maximum atomic E-state index is 12.8. The van der Waals surface area contributed by atoms with Crippen molar-refractivity contribution in [3.8, 4) is 5.75 Å². The number of benzene rings is 2. The first-order chi connectivity index (χ1) is 13.1. The van der Waals surface area contributed by atoms with Gasteiger partial charge in [-0.3, -0.25) is 4.79 Å². The minimum atomic E-state index is -0.0908. The van der Waals surface area contributed by atoms with Crippen LogP contribution >= 0.6 is 0 Å². The van der Waals surface area contributed by atoms with Crippen LogP contribution in [0.15, 0.2) is 77.4 Å². The fourth-order valence-electron chi connectivity index (χ4n) is 2.70. The number of carbonyl (C=O) groups is 1. The zero-order chi connectivity index (χ0) is 19.1. The molecule has 5 heteroatoms. The Morgan fingerprint density at radius 3 is 2.30 bits per heavy atom. The van der Waals surface area contributed by atoms with Crippen molar-refractivity contribution in [2.24, 2.45) is 0 Å². The van der Waals surface area contributed by atoms with Crippen LogP contribution in [0.5, 0.6) is 5.75 Å². The second-order valence-corrected chi connectivity index (χ2v) is 6.49. The number of hydrogen-bond acceptors (Lipinski definition) is 4. The Morgan fingerprint density at radius 2 is 1.67 bits per heavy atom. The minimum Gasteiger partial charge on any atom is -0.484 e. The highest BCUT2D eigenvalue weighted by Crippen LogP contribution is 2.16. The molecule has 0 N–H and O–H groups in total. The molecule has 0 aliphatic heterocycles. The second-order valence-electron chi connectivity index (χ2n) is 6.49. The number of ether oxygens (including phenoxy) is 1. The Morgan fingerprint density at radius 1 is 0.926 bits per heavy atom. The van der Waals surface area contributed by atoms with Crippen LogP contribution in [-0.4, -0.2) is 31.5 Å². The molecule has 0 fully saturated rings. The third-order valence-electron chi connectivity index (χ3n) is 4.21. The van der Waals surface area contributed by atoms with Crippen LogP contribution in [0, 0.1) is 0 Å². The first kappa shape index (κ1) is 18.6. The fourth-order valence-corrected chi connectivity index (χ4v) is 2.70. The molecule has 1 aromatic heterocycles. The molecule has 1 amide bonds. The first-order valence-electron chi connectivity index (χ1n) is 8.86. The Bertz CT molecular complexity index is 828. The third kappa shape index (κ3) is 5.38. The molecule has 0 unspecified atom stereocenters. The van der Waals surface area contributed by atoms with Crippen molar-refractivity contribution in [1.29, 1.82) is 0 Å². The summed E-state index contributed by atoms with van der Waals surface area (Å²) in [6, 6.07) is 21.2. The molecule has 0 bridgehead atoms. The van der Waals surface area contributed by atoms with Crippen LogP contribution in [0.3, 0.4) is 0 Å². The zero-order valence-corrected chi connectivity index (χ0v) is 15.7. The lowest BCUT2D eigenvalue weighted by atomic mass is 10.2. The molecule has 0 atom stereocenters. The maximum absolute atomic E-state index is 12.8. The van der Waals surface area contributed by atoms with Crippen molar-refractivity contribution in [1.82, 2.24) is 4.90 Å². The number of rotatable bonds is 8. The number of carbonyl (C=O) groups excluding carboxylic acids is 1. The highest BCUT2D eigenvalue weighted by molar-refractivity contribution is 5.77. The van der Waals surface area contributed by atoms with Gasteiger partial charge in [0.25, 0.3) is 5.91 Å². The molecule has 3 aromatic rings. The molecular formula is C22H24N2O3. The maximum Gasteiger partial charge on any atom is 0.261 e. The number of nitrogens with zero attached hydrogens (tertiary/aromatic N) is 2. The molecule has 2 aromatic carbocycles. The van der Waals surface area contributed by atoms with E-state index >= 15 is 0 Å². The zero-order valence-electron chi connectivity index (χ0n) is 15.7. The minimum absolute atomic E-state index is 0.0134. The van der Waals surface area contributed by atoms with Gasteiger partial charge in [0.1, 0.15) is 11.5 Å². The van der Waals surface area contributed by atoms with E-state index in [-0.39, 0.29) is 12.5 Å². The summed E-state index contributed by atoms with van der Waals surface area (Å²) in [4.78, 5) is 16.6. The number of furan rings is 1. The molecule has 0 aliphatic carbocycles. The van der Waals surface area contributed by atoms with E-state index in [9.17, 15) is 4.79 Å². The van der Waals surface area contributed by atoms with Gasteiger partial charge >= 0.3 is 0 Å². The average Bonchev–Trinajstić information content (AvgIpc) is 3.20. The molecule has 3 rings (SSSR count). The van der Waals surface area contributed by atoms with Gasteiger partial charge in [0.05, 0.1) is 12.8 Å². The lowest BCUT2D eigenvalue weighted by Gasteiger charge is -2.22. The van der Waals surface area contributed by atoms with Gasteiger partial charge in [-0.15, -0.1) is 0 Å². The van der Waals surface area contributed by atoms with Crippen LogP contribution in [-0.2, 0) is 17.9 Å². The van der Waals surface area contributed by atoms with Gasteiger partial charge in [-0.25, -0.2) is 0 Å². The summed E-state index contributed by atoms with van der Waals surface area (Å²) in [7, 11) is 4.01. The van der Waals surface area contributed by atoms with E-state index in [1.54, 1.807) is 11.2 Å². The average molecular weight is 364 g/mol. The molecule has 5 nitrogen and oxygen atoms in total. The number of para-hydroxylation sites is 1. The van der Waals surface area contributed by atoms with E-state index in [4.69, 9.17) is 9.15 Å². The summed E-state index contributed by atoms with van der Waals surface area (Å²) in [5, 5.41) is 0. The molecule has 0 aliphatic rings. The van der Waals surface area contributed by atoms with Gasteiger partial charge in [-0.2, -0.15) is 0 Å². The van der Waals surface area contributed by atoms with Crippen molar-refractivity contribution < 1.29 is 13.9 Å². The van der Waals surface area contributed by atoms with E-state index < -0.39 is 0 Å². The number of amides is 1. The monoisotopic (exact) mass is 364 g/mol. The smallest absolute Gasteiger partial charge is 0.261 e. The largest absolute Gasteiger partial charge is 0.484 e. The van der Waals surface area contributed by atoms with Crippen LogP contribution < -0.4 is 9.64 Å². The normalized spacial score (nSPS) is 10.4. The summed E-state index contributed by atoms with van der Waals surface area (Å²) in [6.07, 6.45) is 1.62. The van der Waals surface area contributed by atoms with E-state index in [0.717, 1.165) is 17.0 Å². The lowest BCUT2D eigenvalue weighted by Crippen LogP contribution is -2.34. The van der Waals surface area contributed by atoms with Crippen LogP contribution in [0.25, 0.3) is 0 Å². The molecule has 0 saturated heterocycles. The Balaban J connectivity index is 1.68. The van der Waals surface area contributed by atoms with E-state index in [1.165, 1.54) is 0 Å².